The van der Waals surface area contributed by atoms with Gasteiger partial charge in [-0.25, -0.2) is 9.59 Å². The number of aromatic nitrogens is 1. The van der Waals surface area contributed by atoms with Crippen molar-refractivity contribution in [1.82, 2.24) is 4.98 Å². The Morgan fingerprint density at radius 2 is 1.69 bits per heavy atom. The van der Waals surface area contributed by atoms with Crippen LogP contribution >= 0.6 is 11.3 Å². The van der Waals surface area contributed by atoms with Gasteiger partial charge in [-0.1, -0.05) is 0 Å². The summed E-state index contributed by atoms with van der Waals surface area (Å²) in [5, 5.41) is 3.17. The lowest BCUT2D eigenvalue weighted by Gasteiger charge is -2.06. The number of aromatic amines is 1. The molecule has 0 aliphatic rings. The van der Waals surface area contributed by atoms with Crippen LogP contribution < -0.4 is 5.32 Å². The Morgan fingerprint density at radius 1 is 1.04 bits per heavy atom. The van der Waals surface area contributed by atoms with Crippen LogP contribution in [0, 0.1) is 27.7 Å². The molecule has 0 aromatic carbocycles. The standard InChI is InChI=1S/C18H22N2O5S/c1-7-25-18(23)12-9(3)14(19-10(12)4)15(21)20-16-13(17(22)24-6)8(2)11(5)26-16/h19H,7H2,1-6H3,(H,20,21). The maximum absolute atomic E-state index is 12.7. The molecule has 0 saturated heterocycles. The fourth-order valence-corrected chi connectivity index (χ4v) is 3.76. The monoisotopic (exact) mass is 378 g/mol. The van der Waals surface area contributed by atoms with E-state index in [2.05, 4.69) is 10.3 Å². The molecule has 1 amide bonds. The van der Waals surface area contributed by atoms with Gasteiger partial charge in [0.1, 0.15) is 10.7 Å². The Balaban J connectivity index is 2.38. The number of hydrogen-bond acceptors (Lipinski definition) is 6. The molecular formula is C18H22N2O5S. The van der Waals surface area contributed by atoms with Gasteiger partial charge in [0.05, 0.1) is 24.8 Å². The summed E-state index contributed by atoms with van der Waals surface area (Å²) in [6, 6.07) is 0. The first-order valence-electron chi connectivity index (χ1n) is 8.08. The number of H-pyrrole nitrogens is 1. The maximum atomic E-state index is 12.7. The van der Waals surface area contributed by atoms with Crippen LogP contribution in [-0.4, -0.2) is 36.5 Å². The molecule has 8 heteroatoms. The number of rotatable bonds is 5. The van der Waals surface area contributed by atoms with Gasteiger partial charge in [-0.3, -0.25) is 4.79 Å². The second-order valence-corrected chi connectivity index (χ2v) is 7.00. The molecule has 0 radical (unpaired) electrons. The van der Waals surface area contributed by atoms with Gasteiger partial charge in [-0.15, -0.1) is 11.3 Å². The van der Waals surface area contributed by atoms with E-state index in [0.29, 0.717) is 27.4 Å². The van der Waals surface area contributed by atoms with Crippen LogP contribution in [0.4, 0.5) is 5.00 Å². The smallest absolute Gasteiger partial charge is 0.341 e. The van der Waals surface area contributed by atoms with Crippen molar-refractivity contribution in [3.05, 3.63) is 38.5 Å². The van der Waals surface area contributed by atoms with E-state index in [1.165, 1.54) is 18.4 Å². The third kappa shape index (κ3) is 3.50. The maximum Gasteiger partial charge on any atom is 0.341 e. The van der Waals surface area contributed by atoms with E-state index in [9.17, 15) is 14.4 Å². The highest BCUT2D eigenvalue weighted by molar-refractivity contribution is 7.16. The Bertz CT molecular complexity index is 879. The summed E-state index contributed by atoms with van der Waals surface area (Å²) in [4.78, 5) is 40.7. The molecule has 0 fully saturated rings. The van der Waals surface area contributed by atoms with Gasteiger partial charge in [-0.2, -0.15) is 0 Å². The van der Waals surface area contributed by atoms with Gasteiger partial charge in [0.15, 0.2) is 0 Å². The summed E-state index contributed by atoms with van der Waals surface area (Å²) in [7, 11) is 1.30. The number of hydrogen-bond donors (Lipinski definition) is 2. The summed E-state index contributed by atoms with van der Waals surface area (Å²) < 4.78 is 9.85. The summed E-state index contributed by atoms with van der Waals surface area (Å²) >= 11 is 1.30. The molecule has 0 spiro atoms. The number of ether oxygens (including phenoxy) is 2. The van der Waals surface area contributed by atoms with Crippen molar-refractivity contribution in [2.75, 3.05) is 19.0 Å². The molecule has 26 heavy (non-hydrogen) atoms. The number of nitrogens with one attached hydrogen (secondary N) is 2. The molecule has 0 aliphatic heterocycles. The number of aryl methyl sites for hydroxylation is 2. The minimum Gasteiger partial charge on any atom is -0.465 e. The van der Waals surface area contributed by atoms with Crippen LogP contribution in [0.5, 0.6) is 0 Å². The Kier molecular flexibility index (Phi) is 5.86. The molecule has 2 rings (SSSR count). The van der Waals surface area contributed by atoms with Gasteiger partial charge < -0.3 is 19.8 Å². The SMILES string of the molecule is CCOC(=O)c1c(C)[nH]c(C(=O)Nc2sc(C)c(C)c2C(=O)OC)c1C. The number of amides is 1. The molecular weight excluding hydrogens is 356 g/mol. The van der Waals surface area contributed by atoms with E-state index in [1.807, 2.05) is 6.92 Å². The third-order valence-corrected chi connectivity index (χ3v) is 5.27. The fraction of sp³-hybridized carbons (Fsp3) is 0.389. The third-order valence-electron chi connectivity index (χ3n) is 4.15. The van der Waals surface area contributed by atoms with Gasteiger partial charge in [0.25, 0.3) is 5.91 Å². The van der Waals surface area contributed by atoms with Crippen molar-refractivity contribution in [1.29, 1.82) is 0 Å². The molecule has 140 valence electrons. The van der Waals surface area contributed by atoms with Crippen LogP contribution in [0.3, 0.4) is 0 Å². The van der Waals surface area contributed by atoms with Gasteiger partial charge >= 0.3 is 11.9 Å². The van der Waals surface area contributed by atoms with E-state index in [-0.39, 0.29) is 12.3 Å². The van der Waals surface area contributed by atoms with Gasteiger partial charge in [0, 0.05) is 10.6 Å². The Hall–Kier alpha value is -2.61. The summed E-state index contributed by atoms with van der Waals surface area (Å²) in [6.45, 7) is 9.02. The number of carbonyl (C=O) groups excluding carboxylic acids is 3. The normalized spacial score (nSPS) is 10.5. The first-order valence-corrected chi connectivity index (χ1v) is 8.90. The van der Waals surface area contributed by atoms with E-state index < -0.39 is 17.8 Å². The van der Waals surface area contributed by atoms with Crippen molar-refractivity contribution < 1.29 is 23.9 Å². The largest absolute Gasteiger partial charge is 0.465 e. The molecule has 0 unspecified atom stereocenters. The van der Waals surface area contributed by atoms with E-state index in [1.54, 1.807) is 27.7 Å². The minimum atomic E-state index is -0.506. The highest BCUT2D eigenvalue weighted by Gasteiger charge is 2.26. The minimum absolute atomic E-state index is 0.251. The van der Waals surface area contributed by atoms with Crippen molar-refractivity contribution >= 4 is 34.2 Å². The highest BCUT2D eigenvalue weighted by Crippen LogP contribution is 2.33. The Morgan fingerprint density at radius 3 is 2.27 bits per heavy atom. The molecule has 0 saturated carbocycles. The predicted octanol–water partition coefficient (Wildman–Crippen LogP) is 3.53. The van der Waals surface area contributed by atoms with E-state index in [4.69, 9.17) is 9.47 Å². The zero-order valence-corrected chi connectivity index (χ0v) is 16.5. The lowest BCUT2D eigenvalue weighted by Crippen LogP contribution is -2.16. The molecule has 2 aromatic heterocycles. The van der Waals surface area contributed by atoms with Crippen molar-refractivity contribution in [3.8, 4) is 0 Å². The topological polar surface area (TPSA) is 97.5 Å². The van der Waals surface area contributed by atoms with E-state index >= 15 is 0 Å². The molecule has 2 N–H and O–H groups in total. The van der Waals surface area contributed by atoms with E-state index in [0.717, 1.165) is 10.4 Å². The predicted molar refractivity (Wildman–Crippen MR) is 99.3 cm³/mol. The van der Waals surface area contributed by atoms with Crippen LogP contribution in [-0.2, 0) is 9.47 Å². The second kappa shape index (κ2) is 7.74. The fourth-order valence-electron chi connectivity index (χ4n) is 2.71. The second-order valence-electron chi connectivity index (χ2n) is 5.78. The lowest BCUT2D eigenvalue weighted by molar-refractivity contribution is 0.0524. The first-order chi connectivity index (χ1) is 12.2. The zero-order chi connectivity index (χ0) is 19.6. The van der Waals surface area contributed by atoms with Crippen LogP contribution in [0.1, 0.15) is 59.8 Å². The average molecular weight is 378 g/mol. The first kappa shape index (κ1) is 19.7. The molecule has 0 bridgehead atoms. The molecule has 0 atom stereocenters. The summed E-state index contributed by atoms with van der Waals surface area (Å²) in [5.74, 6) is -1.42. The quantitative estimate of drug-likeness (QED) is 0.776. The van der Waals surface area contributed by atoms with Gasteiger partial charge in [-0.05, 0) is 45.7 Å². The zero-order valence-electron chi connectivity index (χ0n) is 15.7. The van der Waals surface area contributed by atoms with Crippen LogP contribution in [0.25, 0.3) is 0 Å². The number of esters is 2. The molecule has 7 nitrogen and oxygen atoms in total. The average Bonchev–Trinajstić information content (AvgIpc) is 3.03. The lowest BCUT2D eigenvalue weighted by atomic mass is 10.1. The van der Waals surface area contributed by atoms with Crippen LogP contribution in [0.2, 0.25) is 0 Å². The van der Waals surface area contributed by atoms with Crippen molar-refractivity contribution in [3.63, 3.8) is 0 Å². The summed E-state index contributed by atoms with van der Waals surface area (Å²) in [5.41, 5.74) is 2.77. The van der Waals surface area contributed by atoms with Crippen LogP contribution in [0.15, 0.2) is 0 Å². The molecule has 2 aromatic rings. The van der Waals surface area contributed by atoms with Crippen molar-refractivity contribution in [2.24, 2.45) is 0 Å². The Labute approximate surface area is 155 Å². The van der Waals surface area contributed by atoms with Gasteiger partial charge in [0.2, 0.25) is 0 Å². The number of thiophene rings is 1. The summed E-state index contributed by atoms with van der Waals surface area (Å²) in [6.07, 6.45) is 0. The highest BCUT2D eigenvalue weighted by atomic mass is 32.1. The molecule has 0 aliphatic carbocycles. The number of methoxy groups -OCH3 is 1. The number of anilines is 1. The van der Waals surface area contributed by atoms with Crippen molar-refractivity contribution in [2.45, 2.75) is 34.6 Å². The number of carbonyl (C=O) groups is 3. The molecule has 2 heterocycles.